The SMILES string of the molecule is Cl.Cl.N#Cc1ccc2c(c1)c(CC[C@H](NCCCN)c1cccc(OC(F)(F)F)c1)cn2C1CCCCC1. The van der Waals surface area contributed by atoms with Gasteiger partial charge in [0, 0.05) is 29.2 Å². The third kappa shape index (κ3) is 8.28. The largest absolute Gasteiger partial charge is 0.573 e. The smallest absolute Gasteiger partial charge is 0.406 e. The molecule has 1 aliphatic carbocycles. The predicted molar refractivity (Wildman–Crippen MR) is 149 cm³/mol. The second kappa shape index (κ2) is 14.6. The van der Waals surface area contributed by atoms with Crippen molar-refractivity contribution in [3.8, 4) is 11.8 Å². The zero-order valence-electron chi connectivity index (χ0n) is 21.2. The van der Waals surface area contributed by atoms with E-state index in [4.69, 9.17) is 5.73 Å². The summed E-state index contributed by atoms with van der Waals surface area (Å²) in [5.74, 6) is -0.224. The van der Waals surface area contributed by atoms with Gasteiger partial charge >= 0.3 is 6.36 Å². The van der Waals surface area contributed by atoms with E-state index in [0.717, 1.165) is 47.7 Å². The molecule has 0 unspecified atom stereocenters. The molecule has 0 aliphatic heterocycles. The Morgan fingerprint density at radius 2 is 1.87 bits per heavy atom. The molecule has 2 aromatic carbocycles. The average Bonchev–Trinajstić information content (AvgIpc) is 3.23. The van der Waals surface area contributed by atoms with Crippen LogP contribution in [0.25, 0.3) is 10.9 Å². The lowest BCUT2D eigenvalue weighted by molar-refractivity contribution is -0.274. The van der Waals surface area contributed by atoms with Gasteiger partial charge in [0.15, 0.2) is 0 Å². The van der Waals surface area contributed by atoms with E-state index in [1.807, 2.05) is 24.3 Å². The number of rotatable bonds is 10. The number of ether oxygens (including phenoxy) is 1. The molecule has 1 saturated carbocycles. The zero-order chi connectivity index (χ0) is 25.5. The van der Waals surface area contributed by atoms with E-state index in [1.54, 1.807) is 6.07 Å². The first-order chi connectivity index (χ1) is 17.4. The van der Waals surface area contributed by atoms with Gasteiger partial charge in [-0.15, -0.1) is 38.0 Å². The number of fused-ring (bicyclic) bond motifs is 1. The van der Waals surface area contributed by atoms with Gasteiger partial charge in [-0.2, -0.15) is 5.26 Å². The number of alkyl halides is 3. The maximum absolute atomic E-state index is 12.8. The number of halogens is 5. The van der Waals surface area contributed by atoms with Crippen molar-refractivity contribution in [1.29, 1.82) is 5.26 Å². The number of nitrogens with one attached hydrogen (secondary N) is 1. The number of hydrogen-bond acceptors (Lipinski definition) is 4. The number of aromatic nitrogens is 1. The molecule has 1 heterocycles. The van der Waals surface area contributed by atoms with Crippen LogP contribution in [0.2, 0.25) is 0 Å². The standard InChI is InChI=1S/C28H33F3N4O.2ClH/c29-28(30,31)36-24-9-4-6-21(17-24)26(34-15-5-14-32)12-11-22-19-35(23-7-2-1-3-8-23)27-13-10-20(18-33)16-25(22)27;;/h4,6,9-10,13,16-17,19,23,26,34H,1-3,5,7-8,11-12,14-15,32H2;2*1H/t26-;;/m0../s1. The van der Waals surface area contributed by atoms with E-state index >= 15 is 0 Å². The van der Waals surface area contributed by atoms with Crippen molar-refractivity contribution in [2.75, 3.05) is 13.1 Å². The summed E-state index contributed by atoms with van der Waals surface area (Å²) in [5, 5.41) is 14.0. The lowest BCUT2D eigenvalue weighted by Crippen LogP contribution is -2.25. The van der Waals surface area contributed by atoms with Crippen molar-refractivity contribution < 1.29 is 17.9 Å². The minimum absolute atomic E-state index is 0. The molecule has 0 spiro atoms. The summed E-state index contributed by atoms with van der Waals surface area (Å²) in [6.45, 7) is 1.19. The third-order valence-corrected chi connectivity index (χ3v) is 6.98. The van der Waals surface area contributed by atoms with Gasteiger partial charge in [-0.05, 0) is 86.7 Å². The lowest BCUT2D eigenvalue weighted by atomic mass is 9.95. The van der Waals surface area contributed by atoms with Gasteiger partial charge in [0.1, 0.15) is 5.75 Å². The van der Waals surface area contributed by atoms with Gasteiger partial charge in [0.2, 0.25) is 0 Å². The summed E-state index contributed by atoms with van der Waals surface area (Å²) < 4.78 is 44.9. The molecule has 1 atom stereocenters. The van der Waals surface area contributed by atoms with Crippen LogP contribution in [-0.4, -0.2) is 24.0 Å². The van der Waals surface area contributed by atoms with Crippen LogP contribution < -0.4 is 15.8 Å². The molecular weight excluding hydrogens is 536 g/mol. The van der Waals surface area contributed by atoms with Crippen molar-refractivity contribution in [3.05, 3.63) is 65.4 Å². The molecule has 5 nitrogen and oxygen atoms in total. The highest BCUT2D eigenvalue weighted by Crippen LogP contribution is 2.35. The summed E-state index contributed by atoms with van der Waals surface area (Å²) >= 11 is 0. The van der Waals surface area contributed by atoms with Crippen LogP contribution in [0.3, 0.4) is 0 Å². The quantitative estimate of drug-likeness (QED) is 0.249. The third-order valence-electron chi connectivity index (χ3n) is 6.98. The molecule has 1 fully saturated rings. The number of hydrogen-bond donors (Lipinski definition) is 2. The maximum atomic E-state index is 12.8. The van der Waals surface area contributed by atoms with E-state index in [-0.39, 0.29) is 36.6 Å². The van der Waals surface area contributed by atoms with Crippen molar-refractivity contribution in [2.45, 2.75) is 69.8 Å². The monoisotopic (exact) mass is 570 g/mol. The summed E-state index contributed by atoms with van der Waals surface area (Å²) in [5.41, 5.74) is 9.32. The zero-order valence-corrected chi connectivity index (χ0v) is 22.8. The summed E-state index contributed by atoms with van der Waals surface area (Å²) in [6.07, 6.45) is 5.67. The summed E-state index contributed by atoms with van der Waals surface area (Å²) in [4.78, 5) is 0. The van der Waals surface area contributed by atoms with Crippen LogP contribution in [0.5, 0.6) is 5.75 Å². The van der Waals surface area contributed by atoms with Crippen LogP contribution in [-0.2, 0) is 6.42 Å². The molecule has 0 bridgehead atoms. The van der Waals surface area contributed by atoms with Crippen molar-refractivity contribution in [3.63, 3.8) is 0 Å². The van der Waals surface area contributed by atoms with Gasteiger partial charge in [0.05, 0.1) is 11.6 Å². The molecule has 208 valence electrons. The molecule has 0 amide bonds. The van der Waals surface area contributed by atoms with Crippen LogP contribution in [0.1, 0.15) is 73.7 Å². The highest BCUT2D eigenvalue weighted by molar-refractivity contribution is 5.86. The first-order valence-corrected chi connectivity index (χ1v) is 12.7. The van der Waals surface area contributed by atoms with Gasteiger partial charge in [-0.25, -0.2) is 0 Å². The first-order valence-electron chi connectivity index (χ1n) is 12.7. The average molecular weight is 572 g/mol. The summed E-state index contributed by atoms with van der Waals surface area (Å²) in [6, 6.07) is 14.6. The molecule has 0 radical (unpaired) electrons. The highest BCUT2D eigenvalue weighted by atomic mass is 35.5. The fourth-order valence-electron chi connectivity index (χ4n) is 5.25. The van der Waals surface area contributed by atoms with E-state index < -0.39 is 6.36 Å². The normalized spacial score (nSPS) is 14.8. The van der Waals surface area contributed by atoms with Crippen LogP contribution in [0.4, 0.5) is 13.2 Å². The molecule has 1 aromatic heterocycles. The number of benzene rings is 2. The van der Waals surface area contributed by atoms with Gasteiger partial charge in [-0.1, -0.05) is 31.4 Å². The second-order valence-corrected chi connectivity index (χ2v) is 9.51. The fourth-order valence-corrected chi connectivity index (χ4v) is 5.25. The molecule has 3 N–H and O–H groups in total. The Labute approximate surface area is 234 Å². The van der Waals surface area contributed by atoms with Crippen LogP contribution in [0, 0.1) is 11.3 Å². The Bertz CT molecular complexity index is 1200. The summed E-state index contributed by atoms with van der Waals surface area (Å²) in [7, 11) is 0. The Morgan fingerprint density at radius 3 is 2.55 bits per heavy atom. The Morgan fingerprint density at radius 1 is 1.11 bits per heavy atom. The van der Waals surface area contributed by atoms with Crippen LogP contribution in [0.15, 0.2) is 48.7 Å². The van der Waals surface area contributed by atoms with E-state index in [2.05, 4.69) is 26.9 Å². The molecule has 38 heavy (non-hydrogen) atoms. The van der Waals surface area contributed by atoms with Gasteiger partial charge < -0.3 is 20.4 Å². The van der Waals surface area contributed by atoms with Crippen molar-refractivity contribution in [1.82, 2.24) is 9.88 Å². The maximum Gasteiger partial charge on any atom is 0.573 e. The topological polar surface area (TPSA) is 76.0 Å². The minimum atomic E-state index is -4.74. The Hall–Kier alpha value is -2.44. The van der Waals surface area contributed by atoms with Crippen molar-refractivity contribution >= 4 is 35.7 Å². The molecular formula is C28H35Cl2F3N4O. The molecule has 4 rings (SSSR count). The molecule has 0 saturated heterocycles. The van der Waals surface area contributed by atoms with E-state index in [0.29, 0.717) is 31.1 Å². The number of nitrogens with two attached hydrogens (primary N) is 1. The number of nitriles is 1. The fraction of sp³-hybridized carbons (Fsp3) is 0.464. The van der Waals surface area contributed by atoms with Crippen molar-refractivity contribution in [2.24, 2.45) is 5.73 Å². The Balaban J connectivity index is 0.00000253. The van der Waals surface area contributed by atoms with E-state index in [9.17, 15) is 18.4 Å². The van der Waals surface area contributed by atoms with Gasteiger partial charge in [-0.3, -0.25) is 0 Å². The molecule has 3 aromatic rings. The molecule has 1 aliphatic rings. The minimum Gasteiger partial charge on any atom is -0.406 e. The van der Waals surface area contributed by atoms with Gasteiger partial charge in [0.25, 0.3) is 0 Å². The Kier molecular flexibility index (Phi) is 12.2. The second-order valence-electron chi connectivity index (χ2n) is 9.51. The number of aryl methyl sites for hydroxylation is 1. The first kappa shape index (κ1) is 31.8. The predicted octanol–water partition coefficient (Wildman–Crippen LogP) is 7.37. The molecule has 10 heteroatoms. The van der Waals surface area contributed by atoms with Crippen LogP contribution >= 0.6 is 24.8 Å². The number of nitrogens with zero attached hydrogens (tertiary/aromatic N) is 2. The van der Waals surface area contributed by atoms with E-state index in [1.165, 1.54) is 31.4 Å². The lowest BCUT2D eigenvalue weighted by Gasteiger charge is -2.24. The highest BCUT2D eigenvalue weighted by Gasteiger charge is 2.31.